The first kappa shape index (κ1) is 19.7. The van der Waals surface area contributed by atoms with Crippen molar-refractivity contribution in [2.45, 2.75) is 25.8 Å². The number of aromatic carboxylic acids is 1. The van der Waals surface area contributed by atoms with E-state index in [1.54, 1.807) is 16.5 Å². The molecule has 1 aromatic carbocycles. The van der Waals surface area contributed by atoms with E-state index in [4.69, 9.17) is 14.6 Å². The van der Waals surface area contributed by atoms with Gasteiger partial charge >= 0.3 is 5.97 Å². The minimum Gasteiger partial charge on any atom is -0.493 e. The van der Waals surface area contributed by atoms with Gasteiger partial charge in [-0.05, 0) is 25.8 Å². The standard InChI is InChI=1S/C19H22FN3O5/c1-11-14(19(25)26)10-21-23(11)12-4-6-22(7-5-12)18(24)13-8-16(27-2)17(28-3)9-15(13)20/h8-10,12H,4-7H2,1-3H3,(H,25,26). The predicted molar refractivity (Wildman–Crippen MR) is 97.6 cm³/mol. The highest BCUT2D eigenvalue weighted by atomic mass is 19.1. The molecule has 1 aromatic heterocycles. The minimum absolute atomic E-state index is 0.00704. The van der Waals surface area contributed by atoms with Gasteiger partial charge in [0.25, 0.3) is 5.91 Å². The Bertz CT molecular complexity index is 903. The lowest BCUT2D eigenvalue weighted by molar-refractivity contribution is 0.0683. The fraction of sp³-hybridized carbons (Fsp3) is 0.421. The van der Waals surface area contributed by atoms with Gasteiger partial charge in [0.05, 0.1) is 37.7 Å². The summed E-state index contributed by atoms with van der Waals surface area (Å²) in [6, 6.07) is 2.48. The molecule has 1 N–H and O–H groups in total. The molecule has 150 valence electrons. The third kappa shape index (κ3) is 3.51. The average molecular weight is 391 g/mol. The number of likely N-dealkylation sites (tertiary alicyclic amines) is 1. The van der Waals surface area contributed by atoms with Gasteiger partial charge < -0.3 is 19.5 Å². The number of ether oxygens (including phenoxy) is 2. The van der Waals surface area contributed by atoms with Crippen LogP contribution in [0.5, 0.6) is 11.5 Å². The van der Waals surface area contributed by atoms with Crippen molar-refractivity contribution < 1.29 is 28.6 Å². The van der Waals surface area contributed by atoms with Crippen LogP contribution in [0, 0.1) is 12.7 Å². The summed E-state index contributed by atoms with van der Waals surface area (Å²) in [5, 5.41) is 13.4. The lowest BCUT2D eigenvalue weighted by Gasteiger charge is -2.32. The zero-order valence-electron chi connectivity index (χ0n) is 15.9. The molecule has 3 rings (SSSR count). The largest absolute Gasteiger partial charge is 0.493 e. The second-order valence-corrected chi connectivity index (χ2v) is 6.60. The molecule has 8 nitrogen and oxygen atoms in total. The summed E-state index contributed by atoms with van der Waals surface area (Å²) in [6.45, 7) is 2.55. The molecule has 0 unspecified atom stereocenters. The Labute approximate surface area is 161 Å². The fourth-order valence-corrected chi connectivity index (χ4v) is 3.50. The van der Waals surface area contributed by atoms with Crippen LogP contribution in [-0.4, -0.2) is 59.0 Å². The Morgan fingerprint density at radius 3 is 2.29 bits per heavy atom. The van der Waals surface area contributed by atoms with E-state index in [1.807, 2.05) is 0 Å². The van der Waals surface area contributed by atoms with Crippen molar-refractivity contribution in [2.24, 2.45) is 0 Å². The van der Waals surface area contributed by atoms with Crippen LogP contribution in [0.1, 0.15) is 45.3 Å². The molecule has 1 aliphatic heterocycles. The molecule has 9 heteroatoms. The first-order valence-electron chi connectivity index (χ1n) is 8.85. The third-order valence-corrected chi connectivity index (χ3v) is 5.08. The molecule has 2 aromatic rings. The number of methoxy groups -OCH3 is 2. The second kappa shape index (κ2) is 7.87. The smallest absolute Gasteiger partial charge is 0.339 e. The van der Waals surface area contributed by atoms with Crippen LogP contribution in [0.3, 0.4) is 0 Å². The van der Waals surface area contributed by atoms with Crippen molar-refractivity contribution in [2.75, 3.05) is 27.3 Å². The molecule has 1 amide bonds. The quantitative estimate of drug-likeness (QED) is 0.842. The maximum atomic E-state index is 14.4. The van der Waals surface area contributed by atoms with Gasteiger partial charge in [0.2, 0.25) is 0 Å². The maximum absolute atomic E-state index is 14.4. The normalized spacial score (nSPS) is 14.8. The van der Waals surface area contributed by atoms with Gasteiger partial charge in [-0.25, -0.2) is 9.18 Å². The summed E-state index contributed by atoms with van der Waals surface area (Å²) in [5.74, 6) is -1.59. The number of hydrogen-bond donors (Lipinski definition) is 1. The zero-order chi connectivity index (χ0) is 20.4. The molecule has 1 saturated heterocycles. The predicted octanol–water partition coefficient (Wildman–Crippen LogP) is 2.52. The summed E-state index contributed by atoms with van der Waals surface area (Å²) < 4.78 is 26.3. The molecule has 0 atom stereocenters. The van der Waals surface area contributed by atoms with Crippen molar-refractivity contribution in [3.63, 3.8) is 0 Å². The van der Waals surface area contributed by atoms with Crippen LogP contribution < -0.4 is 9.47 Å². The van der Waals surface area contributed by atoms with E-state index < -0.39 is 17.7 Å². The van der Waals surface area contributed by atoms with Crippen LogP contribution in [-0.2, 0) is 0 Å². The van der Waals surface area contributed by atoms with Gasteiger partial charge in [0.15, 0.2) is 11.5 Å². The molecule has 0 saturated carbocycles. The van der Waals surface area contributed by atoms with E-state index in [1.165, 1.54) is 26.5 Å². The van der Waals surface area contributed by atoms with Gasteiger partial charge in [-0.1, -0.05) is 0 Å². The summed E-state index contributed by atoms with van der Waals surface area (Å²) in [5.41, 5.74) is 0.689. The van der Waals surface area contributed by atoms with Crippen LogP contribution in [0.2, 0.25) is 0 Å². The molecule has 0 bridgehead atoms. The van der Waals surface area contributed by atoms with E-state index in [0.29, 0.717) is 31.6 Å². The number of benzene rings is 1. The van der Waals surface area contributed by atoms with Crippen LogP contribution >= 0.6 is 0 Å². The highest BCUT2D eigenvalue weighted by molar-refractivity contribution is 5.95. The zero-order valence-corrected chi connectivity index (χ0v) is 15.9. The lowest BCUT2D eigenvalue weighted by atomic mass is 10.0. The lowest BCUT2D eigenvalue weighted by Crippen LogP contribution is -2.39. The molecule has 2 heterocycles. The van der Waals surface area contributed by atoms with Crippen LogP contribution in [0.4, 0.5) is 4.39 Å². The second-order valence-electron chi connectivity index (χ2n) is 6.60. The Hall–Kier alpha value is -3.10. The number of carbonyl (C=O) groups is 2. The number of hydrogen-bond acceptors (Lipinski definition) is 5. The number of aromatic nitrogens is 2. The Morgan fingerprint density at radius 2 is 1.75 bits per heavy atom. The number of amides is 1. The van der Waals surface area contributed by atoms with Crippen LogP contribution in [0.25, 0.3) is 0 Å². The molecule has 0 radical (unpaired) electrons. The fourth-order valence-electron chi connectivity index (χ4n) is 3.50. The molecular weight excluding hydrogens is 369 g/mol. The van der Waals surface area contributed by atoms with E-state index >= 15 is 0 Å². The Kier molecular flexibility index (Phi) is 5.53. The van der Waals surface area contributed by atoms with E-state index in [0.717, 1.165) is 6.07 Å². The van der Waals surface area contributed by atoms with Gasteiger partial charge in [-0.2, -0.15) is 5.10 Å². The molecule has 1 aliphatic rings. The van der Waals surface area contributed by atoms with Gasteiger partial charge in [-0.3, -0.25) is 9.48 Å². The summed E-state index contributed by atoms with van der Waals surface area (Å²) >= 11 is 0. The SMILES string of the molecule is COc1cc(F)c(C(=O)N2CCC(n3ncc(C(=O)O)c3C)CC2)cc1OC. The van der Waals surface area contributed by atoms with Crippen molar-refractivity contribution in [1.29, 1.82) is 0 Å². The number of nitrogens with zero attached hydrogens (tertiary/aromatic N) is 3. The molecule has 1 fully saturated rings. The number of halogens is 1. The van der Waals surface area contributed by atoms with Crippen molar-refractivity contribution in [1.82, 2.24) is 14.7 Å². The number of piperidine rings is 1. The van der Waals surface area contributed by atoms with E-state index in [2.05, 4.69) is 5.10 Å². The van der Waals surface area contributed by atoms with E-state index in [-0.39, 0.29) is 28.7 Å². The Morgan fingerprint density at radius 1 is 1.14 bits per heavy atom. The van der Waals surface area contributed by atoms with Crippen molar-refractivity contribution in [3.8, 4) is 11.5 Å². The average Bonchev–Trinajstić information content (AvgIpc) is 3.09. The summed E-state index contributed by atoms with van der Waals surface area (Å²) in [4.78, 5) is 25.5. The van der Waals surface area contributed by atoms with Gasteiger partial charge in [-0.15, -0.1) is 0 Å². The molecule has 0 spiro atoms. The first-order chi connectivity index (χ1) is 13.4. The third-order valence-electron chi connectivity index (χ3n) is 5.08. The summed E-state index contributed by atoms with van der Waals surface area (Å²) in [7, 11) is 2.82. The first-order valence-corrected chi connectivity index (χ1v) is 8.85. The van der Waals surface area contributed by atoms with Gasteiger partial charge in [0, 0.05) is 19.2 Å². The highest BCUT2D eigenvalue weighted by Crippen LogP contribution is 2.31. The van der Waals surface area contributed by atoms with Crippen LogP contribution in [0.15, 0.2) is 18.3 Å². The number of carboxylic acid groups (broad SMARTS) is 1. The Balaban J connectivity index is 1.73. The van der Waals surface area contributed by atoms with Crippen molar-refractivity contribution in [3.05, 3.63) is 41.0 Å². The number of carboxylic acids is 1. The minimum atomic E-state index is -1.01. The highest BCUT2D eigenvalue weighted by Gasteiger charge is 2.29. The summed E-state index contributed by atoms with van der Waals surface area (Å²) in [6.07, 6.45) is 2.54. The monoisotopic (exact) mass is 391 g/mol. The molecule has 0 aliphatic carbocycles. The molecule has 28 heavy (non-hydrogen) atoms. The topological polar surface area (TPSA) is 93.9 Å². The van der Waals surface area contributed by atoms with E-state index in [9.17, 15) is 14.0 Å². The number of carbonyl (C=O) groups excluding carboxylic acids is 1. The van der Waals surface area contributed by atoms with Crippen molar-refractivity contribution >= 4 is 11.9 Å². The molecular formula is C19H22FN3O5. The maximum Gasteiger partial charge on any atom is 0.339 e. The number of rotatable bonds is 5. The van der Waals surface area contributed by atoms with Gasteiger partial charge in [0.1, 0.15) is 11.4 Å².